The van der Waals surface area contributed by atoms with Gasteiger partial charge in [0.15, 0.2) is 0 Å². The number of hydrogen-bond donors (Lipinski definition) is 2. The van der Waals surface area contributed by atoms with E-state index in [0.717, 1.165) is 30.6 Å². The van der Waals surface area contributed by atoms with Crippen molar-refractivity contribution in [3.63, 3.8) is 0 Å². The lowest BCUT2D eigenvalue weighted by molar-refractivity contribution is -0.124. The highest BCUT2D eigenvalue weighted by atomic mass is 16.2. The summed E-state index contributed by atoms with van der Waals surface area (Å²) in [5.74, 6) is -0.246. The van der Waals surface area contributed by atoms with E-state index in [1.165, 1.54) is 0 Å². The van der Waals surface area contributed by atoms with Gasteiger partial charge in [-0.25, -0.2) is 0 Å². The standard InChI is InChI=1S/C16H17N3O2/c1-17-14(20)11-9-19-8-4-7-13(19)16(11)10-5-2-3-6-12(10)18-15(16)21/h2-3,5-6,9,13H,4,7-8H2,1H3,(H,17,20)(H,18,21). The largest absolute Gasteiger partial charge is 0.372 e. The van der Waals surface area contributed by atoms with Crippen LogP contribution in [0.3, 0.4) is 0 Å². The molecule has 5 nitrogen and oxygen atoms in total. The van der Waals surface area contributed by atoms with E-state index in [9.17, 15) is 9.59 Å². The van der Waals surface area contributed by atoms with Gasteiger partial charge >= 0.3 is 0 Å². The molecule has 2 amide bonds. The zero-order valence-electron chi connectivity index (χ0n) is 11.8. The highest BCUT2D eigenvalue weighted by molar-refractivity contribution is 6.16. The molecular weight excluding hydrogens is 266 g/mol. The number of nitrogens with one attached hydrogen (secondary N) is 2. The minimum absolute atomic E-state index is 0.0495. The van der Waals surface area contributed by atoms with E-state index in [2.05, 4.69) is 15.5 Å². The molecule has 3 aliphatic heterocycles. The van der Waals surface area contributed by atoms with Crippen molar-refractivity contribution in [1.82, 2.24) is 10.2 Å². The van der Waals surface area contributed by atoms with Gasteiger partial charge in [0, 0.05) is 25.5 Å². The fraction of sp³-hybridized carbons (Fsp3) is 0.375. The Morgan fingerprint density at radius 1 is 1.43 bits per heavy atom. The highest BCUT2D eigenvalue weighted by Gasteiger charge is 2.62. The first-order chi connectivity index (χ1) is 10.2. The number of fused-ring (bicyclic) bond motifs is 4. The molecule has 0 radical (unpaired) electrons. The maximum atomic E-state index is 12.9. The topological polar surface area (TPSA) is 61.4 Å². The fourth-order valence-corrected chi connectivity index (χ4v) is 4.11. The molecule has 2 unspecified atom stereocenters. The van der Waals surface area contributed by atoms with Gasteiger partial charge < -0.3 is 15.5 Å². The van der Waals surface area contributed by atoms with Crippen LogP contribution in [0.25, 0.3) is 0 Å². The van der Waals surface area contributed by atoms with Crippen molar-refractivity contribution < 1.29 is 9.59 Å². The Hall–Kier alpha value is -2.30. The summed E-state index contributed by atoms with van der Waals surface area (Å²) in [5.41, 5.74) is 1.47. The first-order valence-corrected chi connectivity index (χ1v) is 7.30. The first kappa shape index (κ1) is 12.4. The van der Waals surface area contributed by atoms with Crippen LogP contribution in [-0.4, -0.2) is 36.3 Å². The summed E-state index contributed by atoms with van der Waals surface area (Å²) in [6, 6.07) is 7.75. The average Bonchev–Trinajstić information content (AvgIpc) is 3.13. The normalized spacial score (nSPS) is 29.2. The zero-order chi connectivity index (χ0) is 14.6. The first-order valence-electron chi connectivity index (χ1n) is 7.30. The summed E-state index contributed by atoms with van der Waals surface area (Å²) in [4.78, 5) is 27.4. The molecule has 5 heteroatoms. The van der Waals surface area contributed by atoms with Crippen LogP contribution in [0.1, 0.15) is 18.4 Å². The van der Waals surface area contributed by atoms with E-state index in [1.54, 1.807) is 7.05 Å². The van der Waals surface area contributed by atoms with Crippen LogP contribution in [0.5, 0.6) is 0 Å². The summed E-state index contributed by atoms with van der Waals surface area (Å²) < 4.78 is 0. The molecular formula is C16H17N3O2. The lowest BCUT2D eigenvalue weighted by Gasteiger charge is -2.32. The Bertz CT molecular complexity index is 682. The average molecular weight is 283 g/mol. The molecule has 108 valence electrons. The maximum absolute atomic E-state index is 12.9. The third-order valence-electron chi connectivity index (χ3n) is 4.94. The van der Waals surface area contributed by atoms with Crippen LogP contribution in [-0.2, 0) is 15.0 Å². The molecule has 2 N–H and O–H groups in total. The number of carbonyl (C=O) groups excluding carboxylic acids is 2. The summed E-state index contributed by atoms with van der Waals surface area (Å²) >= 11 is 0. The summed E-state index contributed by atoms with van der Waals surface area (Å²) in [6.45, 7) is 0.905. The maximum Gasteiger partial charge on any atom is 0.249 e. The Morgan fingerprint density at radius 3 is 3.05 bits per heavy atom. The minimum atomic E-state index is -0.854. The minimum Gasteiger partial charge on any atom is -0.372 e. The van der Waals surface area contributed by atoms with Crippen molar-refractivity contribution >= 4 is 17.5 Å². The van der Waals surface area contributed by atoms with Gasteiger partial charge in [0.25, 0.3) is 0 Å². The molecule has 0 saturated carbocycles. The molecule has 0 aromatic heterocycles. The molecule has 0 aliphatic carbocycles. The second kappa shape index (κ2) is 4.10. The van der Waals surface area contributed by atoms with Crippen LogP contribution < -0.4 is 10.6 Å². The smallest absolute Gasteiger partial charge is 0.249 e. The number of benzene rings is 1. The number of para-hydroxylation sites is 1. The van der Waals surface area contributed by atoms with E-state index >= 15 is 0 Å². The quantitative estimate of drug-likeness (QED) is 0.808. The SMILES string of the molecule is CNC(=O)C1=CN2CCCC2C12C(=O)Nc1ccccc12. The van der Waals surface area contributed by atoms with Crippen LogP contribution in [0.4, 0.5) is 5.69 Å². The van der Waals surface area contributed by atoms with Gasteiger partial charge in [-0.1, -0.05) is 18.2 Å². The number of likely N-dealkylation sites (N-methyl/N-ethyl adjacent to an activating group) is 1. The molecule has 4 rings (SSSR count). The van der Waals surface area contributed by atoms with E-state index in [1.807, 2.05) is 30.5 Å². The number of nitrogens with zero attached hydrogens (tertiary/aromatic N) is 1. The third kappa shape index (κ3) is 1.36. The Labute approximate surface area is 123 Å². The predicted octanol–water partition coefficient (Wildman–Crippen LogP) is 0.984. The second-order valence-electron chi connectivity index (χ2n) is 5.83. The van der Waals surface area contributed by atoms with E-state index in [4.69, 9.17) is 0 Å². The summed E-state index contributed by atoms with van der Waals surface area (Å²) in [5, 5.41) is 5.65. The van der Waals surface area contributed by atoms with Crippen molar-refractivity contribution in [2.24, 2.45) is 0 Å². The van der Waals surface area contributed by atoms with Gasteiger partial charge in [0.1, 0.15) is 5.41 Å². The summed E-state index contributed by atoms with van der Waals surface area (Å²) in [7, 11) is 1.61. The van der Waals surface area contributed by atoms with Crippen LogP contribution in [0.15, 0.2) is 36.0 Å². The monoisotopic (exact) mass is 283 g/mol. The summed E-state index contributed by atoms with van der Waals surface area (Å²) in [6.07, 6.45) is 3.87. The van der Waals surface area contributed by atoms with Crippen molar-refractivity contribution in [1.29, 1.82) is 0 Å². The molecule has 1 spiro atoms. The van der Waals surface area contributed by atoms with Gasteiger partial charge in [-0.05, 0) is 24.5 Å². The highest BCUT2D eigenvalue weighted by Crippen LogP contribution is 2.53. The van der Waals surface area contributed by atoms with Gasteiger partial charge in [-0.15, -0.1) is 0 Å². The van der Waals surface area contributed by atoms with Crippen molar-refractivity contribution in [2.45, 2.75) is 24.3 Å². The van der Waals surface area contributed by atoms with Gasteiger partial charge in [-0.3, -0.25) is 9.59 Å². The molecule has 21 heavy (non-hydrogen) atoms. The number of carbonyl (C=O) groups is 2. The van der Waals surface area contributed by atoms with Crippen molar-refractivity contribution in [3.8, 4) is 0 Å². The van der Waals surface area contributed by atoms with E-state index in [-0.39, 0.29) is 17.9 Å². The number of amides is 2. The number of rotatable bonds is 1. The molecule has 1 aromatic carbocycles. The third-order valence-corrected chi connectivity index (χ3v) is 4.94. The molecule has 1 saturated heterocycles. The van der Waals surface area contributed by atoms with Gasteiger partial charge in [0.2, 0.25) is 11.8 Å². The molecule has 1 aromatic rings. The zero-order valence-corrected chi connectivity index (χ0v) is 11.8. The van der Waals surface area contributed by atoms with Crippen molar-refractivity contribution in [3.05, 3.63) is 41.6 Å². The lowest BCUT2D eigenvalue weighted by atomic mass is 9.70. The lowest BCUT2D eigenvalue weighted by Crippen LogP contribution is -2.49. The Kier molecular flexibility index (Phi) is 2.43. The molecule has 3 aliphatic rings. The molecule has 3 heterocycles. The van der Waals surface area contributed by atoms with E-state index in [0.29, 0.717) is 5.57 Å². The van der Waals surface area contributed by atoms with Gasteiger partial charge in [0.05, 0.1) is 11.6 Å². The predicted molar refractivity (Wildman–Crippen MR) is 78.6 cm³/mol. The van der Waals surface area contributed by atoms with Crippen LogP contribution >= 0.6 is 0 Å². The Balaban J connectivity index is 1.97. The van der Waals surface area contributed by atoms with Crippen molar-refractivity contribution in [2.75, 3.05) is 18.9 Å². The number of anilines is 1. The van der Waals surface area contributed by atoms with Crippen LogP contribution in [0.2, 0.25) is 0 Å². The van der Waals surface area contributed by atoms with Gasteiger partial charge in [-0.2, -0.15) is 0 Å². The Morgan fingerprint density at radius 2 is 2.24 bits per heavy atom. The molecule has 2 atom stereocenters. The van der Waals surface area contributed by atoms with Crippen LogP contribution in [0, 0.1) is 0 Å². The number of hydrogen-bond acceptors (Lipinski definition) is 3. The molecule has 0 bridgehead atoms. The second-order valence-corrected chi connectivity index (χ2v) is 5.83. The fourth-order valence-electron chi connectivity index (χ4n) is 4.11. The molecule has 1 fully saturated rings. The van der Waals surface area contributed by atoms with E-state index < -0.39 is 5.41 Å².